The number of para-hydroxylation sites is 1. The fourth-order valence-electron chi connectivity index (χ4n) is 4.21. The molecular weight excluding hydrogens is 496 g/mol. The number of carboxylic acids is 2. The monoisotopic (exact) mass is 514 g/mol. The Bertz CT molecular complexity index is 1830. The molecule has 0 fully saturated rings. The summed E-state index contributed by atoms with van der Waals surface area (Å²) in [5.41, 5.74) is 1.53. The van der Waals surface area contributed by atoms with Crippen LogP contribution in [-0.2, 0) is 14.4 Å². The summed E-state index contributed by atoms with van der Waals surface area (Å²) < 4.78 is 1.40. The lowest BCUT2D eigenvalue weighted by Gasteiger charge is -2.13. The minimum absolute atomic E-state index is 0.181. The van der Waals surface area contributed by atoms with E-state index in [2.05, 4.69) is 10.1 Å². The number of anilines is 1. The predicted molar refractivity (Wildman–Crippen MR) is 138 cm³/mol. The summed E-state index contributed by atoms with van der Waals surface area (Å²) in [5.74, 6) is -2.06. The first kappa shape index (κ1) is 23.8. The number of benzene rings is 3. The summed E-state index contributed by atoms with van der Waals surface area (Å²) in [7, 11) is 0. The number of hydrogen-bond acceptors (Lipinski definition) is 7. The van der Waals surface area contributed by atoms with Crippen molar-refractivity contribution in [1.29, 1.82) is 0 Å². The number of thiazole rings is 1. The quantitative estimate of drug-likeness (QED) is 0.374. The van der Waals surface area contributed by atoms with E-state index in [4.69, 9.17) is 9.90 Å². The molecule has 0 radical (unpaired) electrons. The molecule has 0 saturated carbocycles. The first-order valence-corrected chi connectivity index (χ1v) is 11.8. The van der Waals surface area contributed by atoms with Crippen LogP contribution >= 0.6 is 11.3 Å². The van der Waals surface area contributed by atoms with Gasteiger partial charge in [-0.2, -0.15) is 9.50 Å². The van der Waals surface area contributed by atoms with Crippen molar-refractivity contribution in [3.05, 3.63) is 87.2 Å². The molecule has 37 heavy (non-hydrogen) atoms. The van der Waals surface area contributed by atoms with Crippen molar-refractivity contribution in [2.75, 3.05) is 11.4 Å². The zero-order valence-corrected chi connectivity index (χ0v) is 20.1. The van der Waals surface area contributed by atoms with Crippen LogP contribution in [0.5, 0.6) is 0 Å². The van der Waals surface area contributed by atoms with Crippen LogP contribution in [0, 0.1) is 0 Å². The largest absolute Gasteiger partial charge is 0.481 e. The Balaban J connectivity index is 0.000000655. The summed E-state index contributed by atoms with van der Waals surface area (Å²) in [6.07, 6.45) is 0. The van der Waals surface area contributed by atoms with Gasteiger partial charge in [-0.3, -0.25) is 24.1 Å². The van der Waals surface area contributed by atoms with E-state index in [0.29, 0.717) is 22.0 Å². The molecule has 10 nitrogen and oxygen atoms in total. The first-order chi connectivity index (χ1) is 17.8. The van der Waals surface area contributed by atoms with Gasteiger partial charge in [0.05, 0.1) is 11.3 Å². The maximum absolute atomic E-state index is 13.3. The smallest absolute Gasteiger partial charge is 0.323 e. The van der Waals surface area contributed by atoms with E-state index < -0.39 is 29.9 Å². The lowest BCUT2D eigenvalue weighted by atomic mass is 10.0. The molecule has 1 amide bonds. The molecule has 0 unspecified atom stereocenters. The molecule has 0 aliphatic carbocycles. The second kappa shape index (κ2) is 9.28. The highest BCUT2D eigenvalue weighted by atomic mass is 32.1. The molecule has 5 aromatic rings. The molecule has 2 aromatic heterocycles. The summed E-state index contributed by atoms with van der Waals surface area (Å²) in [6.45, 7) is 0.597. The van der Waals surface area contributed by atoms with Crippen LogP contribution in [0.2, 0.25) is 0 Å². The van der Waals surface area contributed by atoms with Crippen molar-refractivity contribution >= 4 is 56.2 Å². The van der Waals surface area contributed by atoms with Gasteiger partial charge in [-0.05, 0) is 16.8 Å². The van der Waals surface area contributed by atoms with Gasteiger partial charge < -0.3 is 10.2 Å². The Hall–Kier alpha value is -4.90. The zero-order valence-electron chi connectivity index (χ0n) is 19.3. The normalized spacial score (nSPS) is 14.0. The maximum Gasteiger partial charge on any atom is 0.323 e. The van der Waals surface area contributed by atoms with Crippen molar-refractivity contribution in [2.45, 2.75) is 6.92 Å². The SMILES string of the molecule is CC(=O)O.O=C(O)CN1C(=O)C(=c2sc3nc(-c4cccc5ccccc45)nn3c2=O)c2ccccc21. The van der Waals surface area contributed by atoms with Gasteiger partial charge in [0.15, 0.2) is 5.82 Å². The van der Waals surface area contributed by atoms with Gasteiger partial charge in [0.1, 0.15) is 11.1 Å². The van der Waals surface area contributed by atoms with E-state index >= 15 is 0 Å². The minimum Gasteiger partial charge on any atom is -0.481 e. The van der Waals surface area contributed by atoms with E-state index in [1.165, 1.54) is 9.42 Å². The molecular formula is C26H18N4O6S. The molecule has 2 N–H and O–H groups in total. The van der Waals surface area contributed by atoms with Crippen LogP contribution in [0.3, 0.4) is 0 Å². The van der Waals surface area contributed by atoms with Gasteiger partial charge >= 0.3 is 5.97 Å². The lowest BCUT2D eigenvalue weighted by molar-refractivity contribution is -0.136. The topological polar surface area (TPSA) is 142 Å². The van der Waals surface area contributed by atoms with Gasteiger partial charge in [0, 0.05) is 18.1 Å². The molecule has 11 heteroatoms. The molecule has 0 atom stereocenters. The third-order valence-electron chi connectivity index (χ3n) is 5.63. The second-order valence-corrected chi connectivity index (χ2v) is 9.07. The summed E-state index contributed by atoms with van der Waals surface area (Å²) in [6, 6.07) is 20.5. The van der Waals surface area contributed by atoms with Crippen LogP contribution in [0.4, 0.5) is 5.69 Å². The van der Waals surface area contributed by atoms with Crippen LogP contribution in [0.25, 0.3) is 32.7 Å². The number of rotatable bonds is 3. The van der Waals surface area contributed by atoms with Gasteiger partial charge in [-0.1, -0.05) is 72.0 Å². The van der Waals surface area contributed by atoms with Gasteiger partial charge in [-0.25, -0.2) is 0 Å². The lowest BCUT2D eigenvalue weighted by Crippen LogP contribution is -2.35. The van der Waals surface area contributed by atoms with Crippen molar-refractivity contribution in [3.63, 3.8) is 0 Å². The number of carbonyl (C=O) groups is 3. The predicted octanol–water partition coefficient (Wildman–Crippen LogP) is 2.41. The van der Waals surface area contributed by atoms with Gasteiger partial charge in [0.2, 0.25) is 4.96 Å². The number of hydrogen-bond donors (Lipinski definition) is 2. The fraction of sp³-hybridized carbons (Fsp3) is 0.0769. The summed E-state index contributed by atoms with van der Waals surface area (Å²) in [5, 5.41) is 23.1. The van der Waals surface area contributed by atoms with Crippen LogP contribution < -0.4 is 15.0 Å². The van der Waals surface area contributed by atoms with E-state index in [-0.39, 0.29) is 10.1 Å². The minimum atomic E-state index is -1.14. The molecule has 6 rings (SSSR count). The highest BCUT2D eigenvalue weighted by molar-refractivity contribution is 7.15. The van der Waals surface area contributed by atoms with E-state index in [0.717, 1.165) is 34.6 Å². The van der Waals surface area contributed by atoms with Crippen LogP contribution in [0.15, 0.2) is 71.5 Å². The van der Waals surface area contributed by atoms with Crippen molar-refractivity contribution < 1.29 is 24.6 Å². The molecule has 0 saturated heterocycles. The Labute approximate surface area is 212 Å². The highest BCUT2D eigenvalue weighted by Gasteiger charge is 2.35. The highest BCUT2D eigenvalue weighted by Crippen LogP contribution is 2.35. The Morgan fingerprint density at radius 2 is 1.57 bits per heavy atom. The first-order valence-electron chi connectivity index (χ1n) is 11.0. The number of aromatic nitrogens is 3. The Morgan fingerprint density at radius 3 is 2.30 bits per heavy atom. The number of amides is 1. The van der Waals surface area contributed by atoms with E-state index in [1.54, 1.807) is 24.3 Å². The number of fused-ring (bicyclic) bond motifs is 3. The Kier molecular flexibility index (Phi) is 5.98. The third kappa shape index (κ3) is 4.21. The van der Waals surface area contributed by atoms with E-state index in [9.17, 15) is 19.5 Å². The Morgan fingerprint density at radius 1 is 0.919 bits per heavy atom. The molecule has 0 bridgehead atoms. The average molecular weight is 515 g/mol. The number of carbonyl (C=O) groups excluding carboxylic acids is 1. The van der Waals surface area contributed by atoms with E-state index in [1.807, 2.05) is 42.5 Å². The van der Waals surface area contributed by atoms with Crippen LogP contribution in [-0.4, -0.2) is 49.2 Å². The third-order valence-corrected chi connectivity index (χ3v) is 6.66. The zero-order chi connectivity index (χ0) is 26.3. The molecule has 3 heterocycles. The fourth-order valence-corrected chi connectivity index (χ4v) is 5.21. The molecule has 0 spiro atoms. The molecule has 184 valence electrons. The second-order valence-electron chi connectivity index (χ2n) is 8.09. The number of aliphatic carboxylic acids is 2. The molecule has 1 aliphatic rings. The van der Waals surface area contributed by atoms with Gasteiger partial charge in [0.25, 0.3) is 17.4 Å². The average Bonchev–Trinajstić information content (AvgIpc) is 3.49. The van der Waals surface area contributed by atoms with Crippen molar-refractivity contribution in [1.82, 2.24) is 14.6 Å². The number of nitrogens with zero attached hydrogens (tertiary/aromatic N) is 4. The summed E-state index contributed by atoms with van der Waals surface area (Å²) >= 11 is 1.08. The van der Waals surface area contributed by atoms with Crippen LogP contribution in [0.1, 0.15) is 12.5 Å². The molecule has 3 aromatic carbocycles. The standard InChI is InChI=1S/C24H14N4O4S.C2H4O2/c29-18(30)12-27-17-11-4-3-9-16(17)19(22(27)31)20-23(32)28-24(33-20)25-21(26-28)15-10-5-7-13-6-1-2-8-14(13)15;1-2(3)4/h1-11H,12H2,(H,29,30);1H3,(H,3,4). The summed E-state index contributed by atoms with van der Waals surface area (Å²) in [4.78, 5) is 52.8. The van der Waals surface area contributed by atoms with Crippen molar-refractivity contribution in [2.24, 2.45) is 0 Å². The van der Waals surface area contributed by atoms with Gasteiger partial charge in [-0.15, -0.1) is 5.10 Å². The molecule has 1 aliphatic heterocycles. The maximum atomic E-state index is 13.3. The number of carboxylic acid groups (broad SMARTS) is 2. The van der Waals surface area contributed by atoms with Crippen molar-refractivity contribution in [3.8, 4) is 11.4 Å².